The highest BCUT2D eigenvalue weighted by Gasteiger charge is 2.39. The van der Waals surface area contributed by atoms with Crippen molar-refractivity contribution in [2.45, 2.75) is 66.5 Å². The number of carbonyl (C=O) groups excluding carboxylic acids is 2. The van der Waals surface area contributed by atoms with Crippen LogP contribution in [-0.2, 0) is 16.1 Å². The lowest BCUT2D eigenvalue weighted by Crippen LogP contribution is -2.45. The summed E-state index contributed by atoms with van der Waals surface area (Å²) in [7, 11) is 0. The van der Waals surface area contributed by atoms with E-state index in [0.717, 1.165) is 6.42 Å². The molecule has 1 atom stereocenters. The zero-order chi connectivity index (χ0) is 21.9. The molecule has 0 aliphatic carbocycles. The Kier molecular flexibility index (Phi) is 7.26. The fraction of sp³-hybridized carbons (Fsp3) is 0.700. The van der Waals surface area contributed by atoms with Gasteiger partial charge in [-0.3, -0.25) is 23.9 Å². The molecule has 1 aromatic heterocycles. The largest absolute Gasteiger partial charge is 0.383 e. The summed E-state index contributed by atoms with van der Waals surface area (Å²) < 4.78 is 1.31. The van der Waals surface area contributed by atoms with Gasteiger partial charge in [-0.1, -0.05) is 27.2 Å². The summed E-state index contributed by atoms with van der Waals surface area (Å²) >= 11 is 0. The van der Waals surface area contributed by atoms with E-state index in [4.69, 9.17) is 5.73 Å². The molecule has 0 aromatic carbocycles. The first-order chi connectivity index (χ1) is 13.6. The molecule has 9 nitrogen and oxygen atoms in total. The van der Waals surface area contributed by atoms with E-state index in [0.29, 0.717) is 19.5 Å². The number of H-pyrrole nitrogens is 1. The Hall–Kier alpha value is -2.58. The molecular weight excluding hydrogens is 374 g/mol. The monoisotopic (exact) mass is 407 g/mol. The summed E-state index contributed by atoms with van der Waals surface area (Å²) in [4.78, 5) is 55.8. The first kappa shape index (κ1) is 22.7. The van der Waals surface area contributed by atoms with Gasteiger partial charge in [-0.25, -0.2) is 4.79 Å². The van der Waals surface area contributed by atoms with Crippen LogP contribution in [0.25, 0.3) is 0 Å². The highest BCUT2D eigenvalue weighted by molar-refractivity contribution is 6.00. The van der Waals surface area contributed by atoms with Gasteiger partial charge in [-0.05, 0) is 26.2 Å². The number of nitrogen functional groups attached to an aromatic ring is 1. The number of aromatic nitrogens is 2. The highest BCUT2D eigenvalue weighted by Crippen LogP contribution is 2.26. The van der Waals surface area contributed by atoms with Crippen molar-refractivity contribution in [1.82, 2.24) is 14.5 Å². The first-order valence-electron chi connectivity index (χ1n) is 10.3. The van der Waals surface area contributed by atoms with Crippen LogP contribution in [0.5, 0.6) is 0 Å². The number of aromatic amines is 1. The third-order valence-electron chi connectivity index (χ3n) is 5.16. The third-order valence-corrected chi connectivity index (χ3v) is 5.16. The molecule has 0 bridgehead atoms. The molecule has 1 saturated heterocycles. The second kappa shape index (κ2) is 9.28. The van der Waals surface area contributed by atoms with Crippen molar-refractivity contribution >= 4 is 23.3 Å². The fourth-order valence-corrected chi connectivity index (χ4v) is 3.65. The Balaban J connectivity index is 2.48. The van der Waals surface area contributed by atoms with E-state index in [2.05, 4.69) is 4.98 Å². The third kappa shape index (κ3) is 4.89. The number of likely N-dealkylation sites (tertiary alicyclic amines) is 1. The number of nitrogens with zero attached hydrogens (tertiary/aromatic N) is 3. The molecule has 2 rings (SSSR count). The maximum absolute atomic E-state index is 13.4. The predicted octanol–water partition coefficient (Wildman–Crippen LogP) is 1.16. The molecule has 3 N–H and O–H groups in total. The number of nitrogens with one attached hydrogen (secondary N) is 1. The molecule has 2 heterocycles. The quantitative estimate of drug-likeness (QED) is 0.670. The summed E-state index contributed by atoms with van der Waals surface area (Å²) in [5.74, 6) is -0.873. The Labute approximate surface area is 170 Å². The molecule has 2 amide bonds. The van der Waals surface area contributed by atoms with E-state index in [1.54, 1.807) is 4.90 Å². The molecule has 9 heteroatoms. The van der Waals surface area contributed by atoms with Gasteiger partial charge in [0.05, 0.1) is 5.92 Å². The molecule has 1 aromatic rings. The van der Waals surface area contributed by atoms with Crippen LogP contribution in [0.2, 0.25) is 0 Å². The van der Waals surface area contributed by atoms with E-state index in [1.165, 1.54) is 9.47 Å². The second-order valence-electron chi connectivity index (χ2n) is 8.38. The van der Waals surface area contributed by atoms with Gasteiger partial charge in [0.1, 0.15) is 5.82 Å². The van der Waals surface area contributed by atoms with Crippen molar-refractivity contribution in [3.05, 3.63) is 20.8 Å². The molecule has 1 aliphatic rings. The average molecular weight is 408 g/mol. The van der Waals surface area contributed by atoms with E-state index in [-0.39, 0.29) is 48.2 Å². The van der Waals surface area contributed by atoms with Crippen LogP contribution in [0.4, 0.5) is 11.5 Å². The zero-order valence-electron chi connectivity index (χ0n) is 18.0. The summed E-state index contributed by atoms with van der Waals surface area (Å²) in [6, 6.07) is 0.00303. The standard InChI is InChI=1S/C20H33N5O4/c1-6-7-8-23-17(21)16(18(27)22-20(23)29)25(10-12(2)3)19(28)14-9-15(26)24(11-14)13(4)5/h12-14H,6-11,21H2,1-5H3,(H,22,27,29). The number of amides is 2. The summed E-state index contributed by atoms with van der Waals surface area (Å²) in [5, 5.41) is 0. The number of carbonyl (C=O) groups is 2. The second-order valence-corrected chi connectivity index (χ2v) is 8.38. The van der Waals surface area contributed by atoms with Crippen molar-refractivity contribution in [1.29, 1.82) is 0 Å². The molecule has 0 saturated carbocycles. The number of hydrogen-bond acceptors (Lipinski definition) is 5. The number of hydrogen-bond donors (Lipinski definition) is 2. The summed E-state index contributed by atoms with van der Waals surface area (Å²) in [6.07, 6.45) is 1.68. The Bertz CT molecular complexity index is 871. The van der Waals surface area contributed by atoms with E-state index in [1.807, 2.05) is 34.6 Å². The number of nitrogens with two attached hydrogens (primary N) is 1. The predicted molar refractivity (Wildman–Crippen MR) is 113 cm³/mol. The van der Waals surface area contributed by atoms with Gasteiger partial charge in [0.2, 0.25) is 11.8 Å². The molecular formula is C20H33N5O4. The van der Waals surface area contributed by atoms with Crippen LogP contribution < -0.4 is 21.9 Å². The van der Waals surface area contributed by atoms with Crippen LogP contribution in [0.1, 0.15) is 53.9 Å². The first-order valence-corrected chi connectivity index (χ1v) is 10.3. The van der Waals surface area contributed by atoms with Crippen LogP contribution in [0, 0.1) is 11.8 Å². The zero-order valence-corrected chi connectivity index (χ0v) is 18.0. The smallest absolute Gasteiger partial charge is 0.330 e. The van der Waals surface area contributed by atoms with Crippen LogP contribution >= 0.6 is 0 Å². The number of anilines is 2. The summed E-state index contributed by atoms with van der Waals surface area (Å²) in [5.41, 5.74) is 4.95. The number of rotatable bonds is 8. The van der Waals surface area contributed by atoms with Crippen molar-refractivity contribution in [3.8, 4) is 0 Å². The number of unbranched alkanes of at least 4 members (excludes halogenated alkanes) is 1. The minimum absolute atomic E-state index is 0.00303. The maximum Gasteiger partial charge on any atom is 0.330 e. The Morgan fingerprint density at radius 2 is 1.90 bits per heavy atom. The van der Waals surface area contributed by atoms with Gasteiger partial charge in [0, 0.05) is 32.1 Å². The highest BCUT2D eigenvalue weighted by atomic mass is 16.2. The lowest BCUT2D eigenvalue weighted by molar-refractivity contribution is -0.129. The lowest BCUT2D eigenvalue weighted by Gasteiger charge is -2.28. The van der Waals surface area contributed by atoms with Gasteiger partial charge >= 0.3 is 5.69 Å². The molecule has 1 fully saturated rings. The van der Waals surface area contributed by atoms with Crippen molar-refractivity contribution in [3.63, 3.8) is 0 Å². The average Bonchev–Trinajstić information content (AvgIpc) is 3.01. The van der Waals surface area contributed by atoms with Gasteiger partial charge in [-0.15, -0.1) is 0 Å². The minimum Gasteiger partial charge on any atom is -0.383 e. The van der Waals surface area contributed by atoms with Crippen molar-refractivity contribution < 1.29 is 9.59 Å². The van der Waals surface area contributed by atoms with Gasteiger partial charge < -0.3 is 15.5 Å². The van der Waals surface area contributed by atoms with E-state index < -0.39 is 17.2 Å². The van der Waals surface area contributed by atoms with Crippen molar-refractivity contribution in [2.75, 3.05) is 23.7 Å². The van der Waals surface area contributed by atoms with E-state index >= 15 is 0 Å². The molecule has 1 unspecified atom stereocenters. The summed E-state index contributed by atoms with van der Waals surface area (Å²) in [6.45, 7) is 10.6. The van der Waals surface area contributed by atoms with Crippen LogP contribution in [-0.4, -0.2) is 45.4 Å². The topological polar surface area (TPSA) is 121 Å². The molecule has 162 valence electrons. The van der Waals surface area contributed by atoms with Gasteiger partial charge in [-0.2, -0.15) is 0 Å². The molecule has 29 heavy (non-hydrogen) atoms. The van der Waals surface area contributed by atoms with E-state index in [9.17, 15) is 19.2 Å². The minimum atomic E-state index is -0.681. The van der Waals surface area contributed by atoms with Crippen LogP contribution in [0.3, 0.4) is 0 Å². The normalized spacial score (nSPS) is 16.9. The Morgan fingerprint density at radius 1 is 1.24 bits per heavy atom. The van der Waals surface area contributed by atoms with Crippen molar-refractivity contribution in [2.24, 2.45) is 11.8 Å². The molecule has 0 radical (unpaired) electrons. The SMILES string of the molecule is CCCCn1c(N)c(N(CC(C)C)C(=O)C2CC(=O)N(C(C)C)C2)c(=O)[nH]c1=O. The molecule has 0 spiro atoms. The maximum atomic E-state index is 13.4. The Morgan fingerprint density at radius 3 is 2.41 bits per heavy atom. The lowest BCUT2D eigenvalue weighted by atomic mass is 10.1. The fourth-order valence-electron chi connectivity index (χ4n) is 3.65. The van der Waals surface area contributed by atoms with Gasteiger partial charge in [0.15, 0.2) is 5.69 Å². The molecule has 1 aliphatic heterocycles. The van der Waals surface area contributed by atoms with Gasteiger partial charge in [0.25, 0.3) is 5.56 Å². The van der Waals surface area contributed by atoms with Crippen LogP contribution in [0.15, 0.2) is 9.59 Å².